The topological polar surface area (TPSA) is 41.6 Å². The number of rotatable bonds is 2. The molecule has 1 aromatic rings. The number of nitrogens with zero attached hydrogens (tertiary/aromatic N) is 1. The molecule has 2 saturated heterocycles. The van der Waals surface area contributed by atoms with Crippen LogP contribution in [0.1, 0.15) is 12.0 Å². The maximum atomic E-state index is 11.8. The van der Waals surface area contributed by atoms with Crippen LogP contribution >= 0.6 is 0 Å². The van der Waals surface area contributed by atoms with Crippen LogP contribution in [0, 0.1) is 0 Å². The van der Waals surface area contributed by atoms with Crippen LogP contribution in [-0.4, -0.2) is 36.2 Å². The highest BCUT2D eigenvalue weighted by Gasteiger charge is 2.48. The molecular weight excluding hydrogens is 216 g/mol. The van der Waals surface area contributed by atoms with Crippen molar-refractivity contribution in [2.75, 3.05) is 19.7 Å². The van der Waals surface area contributed by atoms with E-state index in [-0.39, 0.29) is 11.6 Å². The molecule has 90 valence electrons. The lowest BCUT2D eigenvalue weighted by Gasteiger charge is -2.30. The predicted octanol–water partition coefficient (Wildman–Crippen LogP) is 1.37. The van der Waals surface area contributed by atoms with Gasteiger partial charge in [0, 0.05) is 13.1 Å². The second-order valence-electron chi connectivity index (χ2n) is 4.78. The van der Waals surface area contributed by atoms with Gasteiger partial charge in [0.05, 0.1) is 5.54 Å². The van der Waals surface area contributed by atoms with E-state index in [0.29, 0.717) is 13.2 Å². The molecule has 2 heterocycles. The van der Waals surface area contributed by atoms with Crippen LogP contribution in [0.15, 0.2) is 30.3 Å². The van der Waals surface area contributed by atoms with Gasteiger partial charge in [-0.2, -0.15) is 0 Å². The maximum absolute atomic E-state index is 11.8. The zero-order valence-corrected chi connectivity index (χ0v) is 9.69. The molecule has 3 rings (SSSR count). The van der Waals surface area contributed by atoms with Gasteiger partial charge in [0.1, 0.15) is 6.61 Å². The monoisotopic (exact) mass is 232 g/mol. The van der Waals surface area contributed by atoms with Gasteiger partial charge in [-0.3, -0.25) is 4.90 Å². The van der Waals surface area contributed by atoms with Crippen molar-refractivity contribution in [1.29, 1.82) is 0 Å². The first-order chi connectivity index (χ1) is 8.30. The van der Waals surface area contributed by atoms with Crippen LogP contribution in [0.25, 0.3) is 0 Å². The van der Waals surface area contributed by atoms with Crippen molar-refractivity contribution in [2.24, 2.45) is 0 Å². The number of carbonyl (C=O) groups is 1. The van der Waals surface area contributed by atoms with Crippen molar-refractivity contribution < 1.29 is 9.53 Å². The van der Waals surface area contributed by atoms with E-state index >= 15 is 0 Å². The van der Waals surface area contributed by atoms with Gasteiger partial charge in [0.25, 0.3) is 0 Å². The van der Waals surface area contributed by atoms with Crippen molar-refractivity contribution in [1.82, 2.24) is 10.2 Å². The molecule has 0 saturated carbocycles. The van der Waals surface area contributed by atoms with Gasteiger partial charge < -0.3 is 10.1 Å². The lowest BCUT2D eigenvalue weighted by atomic mass is 9.98. The lowest BCUT2D eigenvalue weighted by Crippen LogP contribution is -2.48. The maximum Gasteiger partial charge on any atom is 0.410 e. The molecule has 1 N–H and O–H groups in total. The number of nitrogens with one attached hydrogen (secondary N) is 1. The molecule has 17 heavy (non-hydrogen) atoms. The summed E-state index contributed by atoms with van der Waals surface area (Å²) in [5, 5.41) is 3.32. The summed E-state index contributed by atoms with van der Waals surface area (Å²) < 4.78 is 5.22. The van der Waals surface area contributed by atoms with E-state index in [2.05, 4.69) is 5.32 Å². The van der Waals surface area contributed by atoms with Gasteiger partial charge in [0.2, 0.25) is 0 Å². The van der Waals surface area contributed by atoms with Crippen LogP contribution in [0.3, 0.4) is 0 Å². The number of hydrogen-bond donors (Lipinski definition) is 1. The summed E-state index contributed by atoms with van der Waals surface area (Å²) in [4.78, 5) is 13.7. The zero-order valence-electron chi connectivity index (χ0n) is 9.69. The van der Waals surface area contributed by atoms with Gasteiger partial charge in [-0.25, -0.2) is 4.79 Å². The van der Waals surface area contributed by atoms with Crippen molar-refractivity contribution in [2.45, 2.75) is 18.5 Å². The summed E-state index contributed by atoms with van der Waals surface area (Å²) in [6, 6.07) is 10.1. The highest BCUT2D eigenvalue weighted by atomic mass is 16.6. The molecule has 0 aromatic heterocycles. The first-order valence-electron chi connectivity index (χ1n) is 5.99. The third kappa shape index (κ3) is 1.78. The Kier molecular flexibility index (Phi) is 2.52. The Morgan fingerprint density at radius 3 is 2.88 bits per heavy atom. The molecule has 0 aliphatic carbocycles. The van der Waals surface area contributed by atoms with Crippen molar-refractivity contribution in [3.8, 4) is 0 Å². The lowest BCUT2D eigenvalue weighted by molar-refractivity contribution is 0.150. The van der Waals surface area contributed by atoms with Gasteiger partial charge >= 0.3 is 6.09 Å². The second kappa shape index (κ2) is 4.04. The van der Waals surface area contributed by atoms with E-state index in [4.69, 9.17) is 4.74 Å². The average Bonchev–Trinajstić information content (AvgIpc) is 2.94. The second-order valence-corrected chi connectivity index (χ2v) is 4.78. The third-order valence-electron chi connectivity index (χ3n) is 3.66. The molecular formula is C13H16N2O2. The minimum absolute atomic E-state index is 0.118. The number of carbonyl (C=O) groups excluding carboxylic acids is 1. The Morgan fingerprint density at radius 1 is 1.35 bits per heavy atom. The van der Waals surface area contributed by atoms with Crippen LogP contribution in [0.4, 0.5) is 4.79 Å². The SMILES string of the molecule is O=C1OCC2(CCNC2)N1Cc1ccccc1. The number of ether oxygens (including phenoxy) is 1. The molecule has 1 atom stereocenters. The van der Waals surface area contributed by atoms with Crippen molar-refractivity contribution in [3.63, 3.8) is 0 Å². The fourth-order valence-electron chi connectivity index (χ4n) is 2.63. The summed E-state index contributed by atoms with van der Waals surface area (Å²) in [5.41, 5.74) is 1.03. The molecule has 1 aromatic carbocycles. The number of amides is 1. The molecule has 4 heteroatoms. The van der Waals surface area contributed by atoms with E-state index in [9.17, 15) is 4.79 Å². The fourth-order valence-corrected chi connectivity index (χ4v) is 2.63. The van der Waals surface area contributed by atoms with Crippen molar-refractivity contribution >= 4 is 6.09 Å². The zero-order chi connectivity index (χ0) is 11.7. The average molecular weight is 232 g/mol. The van der Waals surface area contributed by atoms with Crippen LogP contribution in [0.5, 0.6) is 0 Å². The summed E-state index contributed by atoms with van der Waals surface area (Å²) in [7, 11) is 0. The van der Waals surface area contributed by atoms with Crippen LogP contribution in [0.2, 0.25) is 0 Å². The quantitative estimate of drug-likeness (QED) is 0.837. The first-order valence-corrected chi connectivity index (χ1v) is 5.99. The first kappa shape index (κ1) is 10.6. The summed E-state index contributed by atoms with van der Waals surface area (Å²) in [6.45, 7) is 2.96. The minimum atomic E-state index is -0.183. The van der Waals surface area contributed by atoms with Crippen LogP contribution in [-0.2, 0) is 11.3 Å². The molecule has 4 nitrogen and oxygen atoms in total. The highest BCUT2D eigenvalue weighted by molar-refractivity contribution is 5.71. The Bertz CT molecular complexity index is 413. The molecule has 2 aliphatic rings. The Hall–Kier alpha value is -1.55. The highest BCUT2D eigenvalue weighted by Crippen LogP contribution is 2.31. The predicted molar refractivity (Wildman–Crippen MR) is 63.6 cm³/mol. The third-order valence-corrected chi connectivity index (χ3v) is 3.66. The van der Waals surface area contributed by atoms with E-state index in [1.54, 1.807) is 0 Å². The summed E-state index contributed by atoms with van der Waals surface area (Å²) >= 11 is 0. The van der Waals surface area contributed by atoms with Gasteiger partial charge in [-0.05, 0) is 18.5 Å². The number of hydrogen-bond acceptors (Lipinski definition) is 3. The summed E-state index contributed by atoms with van der Waals surface area (Å²) in [6.07, 6.45) is 0.795. The molecule has 2 aliphatic heterocycles. The van der Waals surface area contributed by atoms with E-state index in [1.807, 2.05) is 35.2 Å². The summed E-state index contributed by atoms with van der Waals surface area (Å²) in [5.74, 6) is 0. The largest absolute Gasteiger partial charge is 0.447 e. The molecule has 0 radical (unpaired) electrons. The van der Waals surface area contributed by atoms with Crippen LogP contribution < -0.4 is 5.32 Å². The molecule has 1 spiro atoms. The Morgan fingerprint density at radius 2 is 2.18 bits per heavy atom. The number of cyclic esters (lactones) is 1. The van der Waals surface area contributed by atoms with Gasteiger partial charge in [-0.1, -0.05) is 30.3 Å². The number of benzene rings is 1. The Balaban J connectivity index is 1.82. The molecule has 1 unspecified atom stereocenters. The van der Waals surface area contributed by atoms with E-state index < -0.39 is 0 Å². The van der Waals surface area contributed by atoms with E-state index in [1.165, 1.54) is 0 Å². The standard InChI is InChI=1S/C13H16N2O2/c16-12-15(8-11-4-2-1-3-5-11)13(10-17-12)6-7-14-9-13/h1-5,14H,6-10H2. The van der Waals surface area contributed by atoms with Crippen molar-refractivity contribution in [3.05, 3.63) is 35.9 Å². The minimum Gasteiger partial charge on any atom is -0.447 e. The molecule has 1 amide bonds. The molecule has 2 fully saturated rings. The fraction of sp³-hybridized carbons (Fsp3) is 0.462. The molecule has 0 bridgehead atoms. The normalized spacial score (nSPS) is 27.8. The van der Waals surface area contributed by atoms with Gasteiger partial charge in [0.15, 0.2) is 0 Å². The Labute approximate surface area is 101 Å². The van der Waals surface area contributed by atoms with E-state index in [0.717, 1.165) is 25.1 Å². The smallest absolute Gasteiger partial charge is 0.410 e. The van der Waals surface area contributed by atoms with Gasteiger partial charge in [-0.15, -0.1) is 0 Å².